The molecular formula is C13H20N2O3S. The van der Waals surface area contributed by atoms with Crippen LogP contribution in [0.5, 0.6) is 0 Å². The van der Waals surface area contributed by atoms with Gasteiger partial charge in [0.15, 0.2) is 9.84 Å². The molecular weight excluding hydrogens is 264 g/mol. The molecule has 5 nitrogen and oxygen atoms in total. The molecule has 0 radical (unpaired) electrons. The number of rotatable bonds is 4. The van der Waals surface area contributed by atoms with Gasteiger partial charge < -0.3 is 4.79 Å². The first kappa shape index (κ1) is 14.2. The molecule has 1 aliphatic rings. The maximum absolute atomic E-state index is 11.5. The molecule has 0 spiro atoms. The van der Waals surface area contributed by atoms with E-state index in [1.807, 2.05) is 18.5 Å². The molecule has 2 heterocycles. The van der Waals surface area contributed by atoms with Gasteiger partial charge in [-0.05, 0) is 39.2 Å². The number of nitrogens with zero attached hydrogens (tertiary/aromatic N) is 2. The number of aryl methyl sites for hydroxylation is 1. The number of carbonyl (C=O) groups excluding carboxylic acids is 1. The van der Waals surface area contributed by atoms with E-state index < -0.39 is 9.84 Å². The van der Waals surface area contributed by atoms with E-state index in [9.17, 15) is 13.2 Å². The highest BCUT2D eigenvalue weighted by Gasteiger charge is 2.31. The van der Waals surface area contributed by atoms with Crippen LogP contribution in [0.3, 0.4) is 0 Å². The second-order valence-electron chi connectivity index (χ2n) is 5.35. The van der Waals surface area contributed by atoms with Crippen molar-refractivity contribution in [3.05, 3.63) is 17.0 Å². The summed E-state index contributed by atoms with van der Waals surface area (Å²) >= 11 is 0. The van der Waals surface area contributed by atoms with Gasteiger partial charge in [0, 0.05) is 12.1 Å². The van der Waals surface area contributed by atoms with Crippen molar-refractivity contribution in [2.45, 2.75) is 46.1 Å². The monoisotopic (exact) mass is 284 g/mol. The van der Waals surface area contributed by atoms with Crippen LogP contribution in [-0.2, 0) is 21.1 Å². The Kier molecular flexibility index (Phi) is 3.80. The van der Waals surface area contributed by atoms with Gasteiger partial charge in [0.2, 0.25) is 0 Å². The molecule has 0 N–H and O–H groups in total. The van der Waals surface area contributed by atoms with Gasteiger partial charge in [-0.3, -0.25) is 4.68 Å². The van der Waals surface area contributed by atoms with Crippen molar-refractivity contribution in [2.24, 2.45) is 0 Å². The van der Waals surface area contributed by atoms with E-state index in [1.165, 1.54) is 0 Å². The first-order valence-electron chi connectivity index (χ1n) is 6.54. The summed E-state index contributed by atoms with van der Waals surface area (Å²) in [5.41, 5.74) is 2.99. The van der Waals surface area contributed by atoms with Crippen molar-refractivity contribution < 1.29 is 13.2 Å². The number of sulfone groups is 1. The molecule has 106 valence electrons. The summed E-state index contributed by atoms with van der Waals surface area (Å²) < 4.78 is 24.9. The minimum Gasteiger partial charge on any atom is -0.300 e. The number of carbonyl (C=O) groups is 1. The molecule has 1 fully saturated rings. The Hall–Kier alpha value is -1.17. The Balaban J connectivity index is 2.24. The predicted octanol–water partition coefficient (Wildman–Crippen LogP) is 1.38. The van der Waals surface area contributed by atoms with Crippen LogP contribution in [-0.4, -0.2) is 35.5 Å². The molecule has 19 heavy (non-hydrogen) atoms. The molecule has 1 aliphatic heterocycles. The second kappa shape index (κ2) is 5.07. The lowest BCUT2D eigenvalue weighted by Crippen LogP contribution is -2.14. The van der Waals surface area contributed by atoms with Gasteiger partial charge in [-0.25, -0.2) is 8.42 Å². The summed E-state index contributed by atoms with van der Waals surface area (Å²) in [6.07, 6.45) is 1.83. The molecule has 2 rings (SSSR count). The van der Waals surface area contributed by atoms with Gasteiger partial charge in [-0.15, -0.1) is 0 Å². The summed E-state index contributed by atoms with van der Waals surface area (Å²) in [5, 5.41) is 4.48. The third kappa shape index (κ3) is 3.05. The van der Waals surface area contributed by atoms with Crippen LogP contribution >= 0.6 is 0 Å². The molecule has 1 atom stereocenters. The molecule has 0 saturated carbocycles. The number of aromatic nitrogens is 2. The van der Waals surface area contributed by atoms with E-state index >= 15 is 0 Å². The highest BCUT2D eigenvalue weighted by Crippen LogP contribution is 2.27. The van der Waals surface area contributed by atoms with Crippen molar-refractivity contribution in [3.63, 3.8) is 0 Å². The fraction of sp³-hybridized carbons (Fsp3) is 0.692. The van der Waals surface area contributed by atoms with Crippen molar-refractivity contribution in [2.75, 3.05) is 11.5 Å². The number of hydrogen-bond donors (Lipinski definition) is 0. The summed E-state index contributed by atoms with van der Waals surface area (Å²) in [5.74, 6) is 0.592. The van der Waals surface area contributed by atoms with E-state index in [1.54, 1.807) is 6.92 Å². The average Bonchev–Trinajstić information content (AvgIpc) is 2.77. The molecule has 6 heteroatoms. The highest BCUT2D eigenvalue weighted by atomic mass is 32.2. The standard InChI is InChI=1S/C13H20N2O3S/c1-9(16)4-5-13-10(2)14-15(11(13)3)12-6-7-19(17,18)8-12/h12H,4-8H2,1-3H3. The van der Waals surface area contributed by atoms with Crippen molar-refractivity contribution in [3.8, 4) is 0 Å². The van der Waals surface area contributed by atoms with Gasteiger partial charge in [0.25, 0.3) is 0 Å². The molecule has 1 unspecified atom stereocenters. The van der Waals surface area contributed by atoms with Crippen LogP contribution in [0.1, 0.15) is 42.8 Å². The zero-order valence-corrected chi connectivity index (χ0v) is 12.5. The van der Waals surface area contributed by atoms with E-state index in [4.69, 9.17) is 0 Å². The fourth-order valence-corrected chi connectivity index (χ4v) is 4.38. The molecule has 0 aromatic carbocycles. The summed E-state index contributed by atoms with van der Waals surface area (Å²) in [6, 6.07) is -0.0465. The van der Waals surface area contributed by atoms with Crippen LogP contribution < -0.4 is 0 Å². The molecule has 1 aromatic heterocycles. The van der Waals surface area contributed by atoms with Gasteiger partial charge >= 0.3 is 0 Å². The largest absolute Gasteiger partial charge is 0.300 e. The smallest absolute Gasteiger partial charge is 0.152 e. The lowest BCUT2D eigenvalue weighted by Gasteiger charge is -2.11. The third-order valence-electron chi connectivity index (χ3n) is 3.76. The minimum atomic E-state index is -2.90. The van der Waals surface area contributed by atoms with Gasteiger partial charge in [-0.1, -0.05) is 0 Å². The van der Waals surface area contributed by atoms with Crippen molar-refractivity contribution in [1.29, 1.82) is 0 Å². The zero-order valence-electron chi connectivity index (χ0n) is 11.6. The zero-order chi connectivity index (χ0) is 14.2. The van der Waals surface area contributed by atoms with Crippen LogP contribution in [0.2, 0.25) is 0 Å². The quantitative estimate of drug-likeness (QED) is 0.837. The second-order valence-corrected chi connectivity index (χ2v) is 7.58. The average molecular weight is 284 g/mol. The maximum Gasteiger partial charge on any atom is 0.152 e. The highest BCUT2D eigenvalue weighted by molar-refractivity contribution is 7.91. The molecule has 0 aliphatic carbocycles. The lowest BCUT2D eigenvalue weighted by molar-refractivity contribution is -0.116. The first-order chi connectivity index (χ1) is 8.80. The predicted molar refractivity (Wildman–Crippen MR) is 73.0 cm³/mol. The van der Waals surface area contributed by atoms with Crippen molar-refractivity contribution in [1.82, 2.24) is 9.78 Å². The normalized spacial score (nSPS) is 21.7. The fourth-order valence-electron chi connectivity index (χ4n) is 2.68. The number of ketones is 1. The number of hydrogen-bond acceptors (Lipinski definition) is 4. The van der Waals surface area contributed by atoms with Gasteiger partial charge in [0.1, 0.15) is 5.78 Å². The van der Waals surface area contributed by atoms with E-state index in [2.05, 4.69) is 5.10 Å². The SMILES string of the molecule is CC(=O)CCc1c(C)nn(C2CCS(=O)(=O)C2)c1C. The third-order valence-corrected chi connectivity index (χ3v) is 5.51. The van der Waals surface area contributed by atoms with Gasteiger partial charge in [0.05, 0.1) is 23.2 Å². The Morgan fingerprint density at radius 3 is 2.63 bits per heavy atom. The van der Waals surface area contributed by atoms with Crippen LogP contribution in [0.25, 0.3) is 0 Å². The maximum atomic E-state index is 11.5. The molecule has 0 bridgehead atoms. The summed E-state index contributed by atoms with van der Waals surface area (Å²) in [7, 11) is -2.90. The lowest BCUT2D eigenvalue weighted by atomic mass is 10.1. The number of Topliss-reactive ketones (excluding diaryl/α,β-unsaturated/α-hetero) is 1. The van der Waals surface area contributed by atoms with Crippen LogP contribution in [0.4, 0.5) is 0 Å². The Labute approximate surface area is 113 Å². The Morgan fingerprint density at radius 1 is 1.42 bits per heavy atom. The Morgan fingerprint density at radius 2 is 2.11 bits per heavy atom. The Bertz CT molecular complexity index is 602. The molecule has 0 amide bonds. The van der Waals surface area contributed by atoms with Gasteiger partial charge in [-0.2, -0.15) is 5.10 Å². The van der Waals surface area contributed by atoms with Crippen LogP contribution in [0.15, 0.2) is 0 Å². The molecule has 1 saturated heterocycles. The van der Waals surface area contributed by atoms with E-state index in [0.717, 1.165) is 17.0 Å². The minimum absolute atomic E-state index is 0.0465. The van der Waals surface area contributed by atoms with E-state index in [-0.39, 0.29) is 23.3 Å². The topological polar surface area (TPSA) is 69.0 Å². The molecule has 1 aromatic rings. The summed E-state index contributed by atoms with van der Waals surface area (Å²) in [4.78, 5) is 11.1. The van der Waals surface area contributed by atoms with Crippen LogP contribution in [0, 0.1) is 13.8 Å². The van der Waals surface area contributed by atoms with Crippen molar-refractivity contribution >= 4 is 15.6 Å². The van der Waals surface area contributed by atoms with E-state index in [0.29, 0.717) is 19.3 Å². The summed E-state index contributed by atoms with van der Waals surface area (Å²) in [6.45, 7) is 5.46. The first-order valence-corrected chi connectivity index (χ1v) is 8.37.